The van der Waals surface area contributed by atoms with E-state index < -0.39 is 0 Å². The van der Waals surface area contributed by atoms with Gasteiger partial charge in [0.2, 0.25) is 5.91 Å². The summed E-state index contributed by atoms with van der Waals surface area (Å²) >= 11 is 1.55. The average Bonchev–Trinajstić information content (AvgIpc) is 2.49. The number of hydrogen-bond donors (Lipinski definition) is 1. The van der Waals surface area contributed by atoms with Crippen molar-refractivity contribution in [3.63, 3.8) is 0 Å². The summed E-state index contributed by atoms with van der Waals surface area (Å²) in [5, 5.41) is 2.77. The Labute approximate surface area is 142 Å². The zero-order valence-electron chi connectivity index (χ0n) is 14.0. The number of ether oxygens (including phenoxy) is 1. The molecule has 1 N–H and O–H groups in total. The maximum Gasteiger partial charge on any atom is 0.237 e. The summed E-state index contributed by atoms with van der Waals surface area (Å²) in [6.45, 7) is 7.92. The highest BCUT2D eigenvalue weighted by Crippen LogP contribution is 2.25. The smallest absolute Gasteiger partial charge is 0.237 e. The van der Waals surface area contributed by atoms with Gasteiger partial charge in [-0.25, -0.2) is 0 Å². The van der Waals surface area contributed by atoms with Gasteiger partial charge in [-0.1, -0.05) is 23.8 Å². The van der Waals surface area contributed by atoms with E-state index in [1.165, 1.54) is 5.56 Å². The highest BCUT2D eigenvalue weighted by Gasteiger charge is 2.14. The van der Waals surface area contributed by atoms with Gasteiger partial charge in [0.05, 0.1) is 11.4 Å². The minimum Gasteiger partial charge on any atom is -0.491 e. The van der Waals surface area contributed by atoms with Crippen LogP contribution in [0.25, 0.3) is 0 Å². The van der Waals surface area contributed by atoms with Crippen LogP contribution in [0.2, 0.25) is 0 Å². The van der Waals surface area contributed by atoms with Crippen molar-refractivity contribution in [3.8, 4) is 5.75 Å². The van der Waals surface area contributed by atoms with Crippen LogP contribution in [0.5, 0.6) is 5.75 Å². The van der Waals surface area contributed by atoms with Crippen LogP contribution in [0.1, 0.15) is 26.3 Å². The molecule has 0 aliphatic carbocycles. The molecule has 0 heterocycles. The Balaban J connectivity index is 1.96. The van der Waals surface area contributed by atoms with Crippen LogP contribution in [-0.4, -0.2) is 17.3 Å². The molecule has 3 nitrogen and oxygen atoms in total. The normalized spacial score (nSPS) is 12.0. The van der Waals surface area contributed by atoms with Gasteiger partial charge in [-0.2, -0.15) is 0 Å². The number of amides is 1. The van der Waals surface area contributed by atoms with Crippen LogP contribution in [-0.2, 0) is 4.79 Å². The summed E-state index contributed by atoms with van der Waals surface area (Å²) in [7, 11) is 0. The molecule has 0 spiro atoms. The average molecular weight is 329 g/mol. The Morgan fingerprint density at radius 2 is 1.78 bits per heavy atom. The molecule has 122 valence electrons. The van der Waals surface area contributed by atoms with Crippen LogP contribution in [0, 0.1) is 6.92 Å². The van der Waals surface area contributed by atoms with E-state index in [2.05, 4.69) is 24.4 Å². The zero-order valence-corrected chi connectivity index (χ0v) is 14.8. The maximum atomic E-state index is 12.3. The molecule has 0 aliphatic rings. The van der Waals surface area contributed by atoms with E-state index in [-0.39, 0.29) is 17.3 Å². The predicted octanol–water partition coefficient (Wildman–Crippen LogP) is 4.90. The molecule has 23 heavy (non-hydrogen) atoms. The summed E-state index contributed by atoms with van der Waals surface area (Å²) in [6.07, 6.45) is 0.108. The van der Waals surface area contributed by atoms with Gasteiger partial charge in [-0.15, -0.1) is 11.8 Å². The molecule has 0 bridgehead atoms. The number of anilines is 1. The second-order valence-corrected chi connectivity index (χ2v) is 7.17. The molecule has 0 radical (unpaired) electrons. The van der Waals surface area contributed by atoms with E-state index in [1.807, 2.05) is 57.2 Å². The Morgan fingerprint density at radius 3 is 2.43 bits per heavy atom. The third-order valence-corrected chi connectivity index (χ3v) is 4.29. The first-order valence-electron chi connectivity index (χ1n) is 7.75. The minimum absolute atomic E-state index is 0.0164. The fourth-order valence-electron chi connectivity index (χ4n) is 2.04. The van der Waals surface area contributed by atoms with E-state index in [1.54, 1.807) is 11.8 Å². The first kappa shape index (κ1) is 17.4. The molecule has 1 unspecified atom stereocenters. The summed E-state index contributed by atoms with van der Waals surface area (Å²) < 4.78 is 5.65. The number of thioether (sulfide) groups is 1. The standard InChI is InChI=1S/C19H23NO2S/c1-13(2)22-17-7-5-6-16(12-17)20-19(21)15(4)23-18-10-8-14(3)9-11-18/h5-13,15H,1-4H3,(H,20,21). The van der Waals surface area contributed by atoms with Gasteiger partial charge in [0.15, 0.2) is 0 Å². The number of aryl methyl sites for hydroxylation is 1. The number of benzene rings is 2. The van der Waals surface area contributed by atoms with Crippen LogP contribution in [0.3, 0.4) is 0 Å². The third kappa shape index (κ3) is 5.64. The van der Waals surface area contributed by atoms with Crippen molar-refractivity contribution in [2.45, 2.75) is 43.9 Å². The lowest BCUT2D eigenvalue weighted by molar-refractivity contribution is -0.115. The summed E-state index contributed by atoms with van der Waals surface area (Å²) in [4.78, 5) is 13.4. The molecule has 0 fully saturated rings. The highest BCUT2D eigenvalue weighted by molar-refractivity contribution is 8.00. The number of nitrogens with one attached hydrogen (secondary N) is 1. The fraction of sp³-hybridized carbons (Fsp3) is 0.316. The van der Waals surface area contributed by atoms with Crippen LogP contribution in [0.15, 0.2) is 53.4 Å². The van der Waals surface area contributed by atoms with Crippen molar-refractivity contribution in [2.75, 3.05) is 5.32 Å². The largest absolute Gasteiger partial charge is 0.491 e. The zero-order chi connectivity index (χ0) is 16.8. The summed E-state index contributed by atoms with van der Waals surface area (Å²) in [5.74, 6) is 0.744. The maximum absolute atomic E-state index is 12.3. The molecule has 1 atom stereocenters. The third-order valence-electron chi connectivity index (χ3n) is 3.18. The lowest BCUT2D eigenvalue weighted by Crippen LogP contribution is -2.22. The molecule has 2 aromatic carbocycles. The lowest BCUT2D eigenvalue weighted by Gasteiger charge is -2.14. The van der Waals surface area contributed by atoms with Gasteiger partial charge < -0.3 is 10.1 Å². The number of rotatable bonds is 6. The number of carbonyl (C=O) groups is 1. The quantitative estimate of drug-likeness (QED) is 0.766. The molecule has 4 heteroatoms. The van der Waals surface area contributed by atoms with Gasteiger partial charge in [0.1, 0.15) is 5.75 Å². The Hall–Kier alpha value is -1.94. The van der Waals surface area contributed by atoms with Crippen molar-refractivity contribution < 1.29 is 9.53 Å². The van der Waals surface area contributed by atoms with E-state index in [4.69, 9.17) is 4.74 Å². The second kappa shape index (κ2) is 8.06. The molecule has 0 aromatic heterocycles. The highest BCUT2D eigenvalue weighted by atomic mass is 32.2. The minimum atomic E-state index is -0.174. The SMILES string of the molecule is Cc1ccc(SC(C)C(=O)Nc2cccc(OC(C)C)c2)cc1. The van der Waals surface area contributed by atoms with Crippen molar-refractivity contribution in [1.29, 1.82) is 0 Å². The van der Waals surface area contributed by atoms with E-state index in [0.29, 0.717) is 0 Å². The van der Waals surface area contributed by atoms with Gasteiger partial charge in [-0.3, -0.25) is 4.79 Å². The Kier molecular flexibility index (Phi) is 6.11. The predicted molar refractivity (Wildman–Crippen MR) is 97.3 cm³/mol. The molecular formula is C19H23NO2S. The molecule has 2 rings (SSSR count). The molecule has 0 saturated carbocycles. The van der Waals surface area contributed by atoms with E-state index in [0.717, 1.165) is 16.3 Å². The summed E-state index contributed by atoms with van der Waals surface area (Å²) in [5.41, 5.74) is 1.97. The topological polar surface area (TPSA) is 38.3 Å². The fourth-order valence-corrected chi connectivity index (χ4v) is 2.91. The first-order valence-corrected chi connectivity index (χ1v) is 8.63. The lowest BCUT2D eigenvalue weighted by atomic mass is 10.2. The molecule has 1 amide bonds. The second-order valence-electron chi connectivity index (χ2n) is 5.76. The van der Waals surface area contributed by atoms with Crippen molar-refractivity contribution in [3.05, 3.63) is 54.1 Å². The van der Waals surface area contributed by atoms with E-state index >= 15 is 0 Å². The van der Waals surface area contributed by atoms with Crippen LogP contribution in [0.4, 0.5) is 5.69 Å². The van der Waals surface area contributed by atoms with Crippen molar-refractivity contribution >= 4 is 23.4 Å². The molecule has 0 saturated heterocycles. The number of hydrogen-bond acceptors (Lipinski definition) is 3. The van der Waals surface area contributed by atoms with Crippen LogP contribution >= 0.6 is 11.8 Å². The summed E-state index contributed by atoms with van der Waals surface area (Å²) in [6, 6.07) is 15.7. The number of carbonyl (C=O) groups excluding carboxylic acids is 1. The van der Waals surface area contributed by atoms with Gasteiger partial charge in [0, 0.05) is 16.6 Å². The first-order chi connectivity index (χ1) is 10.9. The molecule has 0 aliphatic heterocycles. The van der Waals surface area contributed by atoms with Crippen molar-refractivity contribution in [1.82, 2.24) is 0 Å². The monoisotopic (exact) mass is 329 g/mol. The van der Waals surface area contributed by atoms with Crippen LogP contribution < -0.4 is 10.1 Å². The van der Waals surface area contributed by atoms with Gasteiger partial charge in [-0.05, 0) is 52.0 Å². The molecular weight excluding hydrogens is 306 g/mol. The van der Waals surface area contributed by atoms with E-state index in [9.17, 15) is 4.79 Å². The Bertz CT molecular complexity index is 653. The van der Waals surface area contributed by atoms with Gasteiger partial charge >= 0.3 is 0 Å². The Morgan fingerprint density at radius 1 is 1.09 bits per heavy atom. The molecule has 2 aromatic rings. The van der Waals surface area contributed by atoms with Gasteiger partial charge in [0.25, 0.3) is 0 Å². The van der Waals surface area contributed by atoms with Crippen molar-refractivity contribution in [2.24, 2.45) is 0 Å².